The van der Waals surface area contributed by atoms with Crippen molar-refractivity contribution >= 4 is 12.0 Å². The Labute approximate surface area is 152 Å². The van der Waals surface area contributed by atoms with Gasteiger partial charge in [0.1, 0.15) is 11.9 Å². The van der Waals surface area contributed by atoms with Crippen LogP contribution in [0.5, 0.6) is 5.75 Å². The molecule has 2 heterocycles. The maximum atomic E-state index is 14.3. The van der Waals surface area contributed by atoms with Gasteiger partial charge in [0.05, 0.1) is 24.2 Å². The van der Waals surface area contributed by atoms with E-state index in [0.717, 1.165) is 12.8 Å². The Morgan fingerprint density at radius 2 is 2.04 bits per heavy atom. The fraction of sp³-hybridized carbons (Fsp3) is 0.526. The monoisotopic (exact) mass is 359 g/mol. The molecular formula is C19H22FN3O3. The van der Waals surface area contributed by atoms with E-state index in [0.29, 0.717) is 17.7 Å². The number of carbonyl (C=O) groups is 2. The molecule has 7 heteroatoms. The smallest absolute Gasteiger partial charge is 0.410 e. The van der Waals surface area contributed by atoms with Crippen molar-refractivity contribution in [1.29, 1.82) is 5.26 Å². The minimum absolute atomic E-state index is 0.0308. The summed E-state index contributed by atoms with van der Waals surface area (Å²) in [5.41, 5.74) is 0.462. The number of alkyl halides is 1. The first-order valence-corrected chi connectivity index (χ1v) is 8.90. The van der Waals surface area contributed by atoms with Crippen molar-refractivity contribution in [2.45, 2.75) is 50.9 Å². The lowest BCUT2D eigenvalue weighted by molar-refractivity contribution is -0.140. The van der Waals surface area contributed by atoms with Gasteiger partial charge in [-0.1, -0.05) is 0 Å². The maximum absolute atomic E-state index is 14.3. The number of nitrogens with zero attached hydrogens (tertiary/aromatic N) is 3. The standard InChI is InChI=1S/C19H22FN3O3/c1-13-3-2-4-18(24)23(13)16-9-15(20)11-22(12-16)19(25)26-17-7-5-14(10-21)6-8-17/h5-8,13,15-16H,2-4,9,11-12H2,1H3/t13?,15-,16-/m0/s1. The number of ether oxygens (including phenoxy) is 1. The van der Waals surface area contributed by atoms with E-state index in [1.807, 2.05) is 13.0 Å². The molecule has 2 aliphatic rings. The van der Waals surface area contributed by atoms with Crippen LogP contribution in [0.15, 0.2) is 24.3 Å². The van der Waals surface area contributed by atoms with Crippen LogP contribution in [0.25, 0.3) is 0 Å². The second-order valence-corrected chi connectivity index (χ2v) is 6.94. The average Bonchev–Trinajstić information content (AvgIpc) is 2.62. The number of benzene rings is 1. The number of halogens is 1. The molecule has 0 bridgehead atoms. The molecule has 3 rings (SSSR count). The topological polar surface area (TPSA) is 73.6 Å². The summed E-state index contributed by atoms with van der Waals surface area (Å²) in [6.07, 6.45) is 0.648. The van der Waals surface area contributed by atoms with Gasteiger partial charge in [0.2, 0.25) is 5.91 Å². The minimum atomic E-state index is -1.19. The van der Waals surface area contributed by atoms with E-state index >= 15 is 0 Å². The van der Waals surface area contributed by atoms with Gasteiger partial charge in [0.15, 0.2) is 0 Å². The zero-order chi connectivity index (χ0) is 18.7. The van der Waals surface area contributed by atoms with Gasteiger partial charge >= 0.3 is 6.09 Å². The largest absolute Gasteiger partial charge is 0.415 e. The Balaban J connectivity index is 1.67. The Bertz CT molecular complexity index is 716. The van der Waals surface area contributed by atoms with Gasteiger partial charge in [0, 0.05) is 25.4 Å². The van der Waals surface area contributed by atoms with Crippen LogP contribution in [0.2, 0.25) is 0 Å². The van der Waals surface area contributed by atoms with E-state index in [2.05, 4.69) is 0 Å². The van der Waals surface area contributed by atoms with Gasteiger partial charge in [0.25, 0.3) is 0 Å². The van der Waals surface area contributed by atoms with Crippen molar-refractivity contribution in [3.8, 4) is 11.8 Å². The molecule has 0 radical (unpaired) electrons. The number of amides is 2. The normalized spacial score (nSPS) is 26.3. The second-order valence-electron chi connectivity index (χ2n) is 6.94. The molecule has 2 fully saturated rings. The number of likely N-dealkylation sites (tertiary alicyclic amines) is 2. The Morgan fingerprint density at radius 3 is 2.69 bits per heavy atom. The van der Waals surface area contributed by atoms with E-state index in [9.17, 15) is 14.0 Å². The van der Waals surface area contributed by atoms with Crippen molar-refractivity contribution in [3.05, 3.63) is 29.8 Å². The molecule has 0 spiro atoms. The van der Waals surface area contributed by atoms with E-state index in [1.165, 1.54) is 17.0 Å². The van der Waals surface area contributed by atoms with Crippen LogP contribution in [0, 0.1) is 11.3 Å². The van der Waals surface area contributed by atoms with Gasteiger partial charge in [-0.25, -0.2) is 9.18 Å². The van der Waals surface area contributed by atoms with Crippen LogP contribution in [-0.2, 0) is 4.79 Å². The number of nitriles is 1. The molecular weight excluding hydrogens is 337 g/mol. The number of piperidine rings is 2. The average molecular weight is 359 g/mol. The summed E-state index contributed by atoms with van der Waals surface area (Å²) in [5, 5.41) is 8.80. The first-order valence-electron chi connectivity index (χ1n) is 8.90. The van der Waals surface area contributed by atoms with Crippen molar-refractivity contribution in [2.24, 2.45) is 0 Å². The summed E-state index contributed by atoms with van der Waals surface area (Å²) in [6.45, 7) is 2.20. The lowest BCUT2D eigenvalue weighted by Gasteiger charge is -2.44. The maximum Gasteiger partial charge on any atom is 0.415 e. The van der Waals surface area contributed by atoms with Crippen LogP contribution in [0.4, 0.5) is 9.18 Å². The third-order valence-electron chi connectivity index (χ3n) is 4.99. The predicted molar refractivity (Wildman–Crippen MR) is 92.2 cm³/mol. The first kappa shape index (κ1) is 18.2. The van der Waals surface area contributed by atoms with Crippen LogP contribution in [0.3, 0.4) is 0 Å². The first-order chi connectivity index (χ1) is 12.5. The zero-order valence-corrected chi connectivity index (χ0v) is 14.7. The van der Waals surface area contributed by atoms with Gasteiger partial charge in [-0.15, -0.1) is 0 Å². The number of hydrogen-bond acceptors (Lipinski definition) is 4. The molecule has 138 valence electrons. The molecule has 1 aromatic carbocycles. The van der Waals surface area contributed by atoms with Crippen molar-refractivity contribution in [3.63, 3.8) is 0 Å². The molecule has 0 N–H and O–H groups in total. The summed E-state index contributed by atoms with van der Waals surface area (Å²) < 4.78 is 19.6. The third-order valence-corrected chi connectivity index (χ3v) is 4.99. The molecule has 1 unspecified atom stereocenters. The second kappa shape index (κ2) is 7.73. The summed E-state index contributed by atoms with van der Waals surface area (Å²) >= 11 is 0. The Morgan fingerprint density at radius 1 is 1.31 bits per heavy atom. The van der Waals surface area contributed by atoms with Crippen LogP contribution in [-0.4, -0.2) is 53.1 Å². The molecule has 3 atom stereocenters. The lowest BCUT2D eigenvalue weighted by atomic mass is 9.95. The van der Waals surface area contributed by atoms with Gasteiger partial charge < -0.3 is 14.5 Å². The highest BCUT2D eigenvalue weighted by atomic mass is 19.1. The van der Waals surface area contributed by atoms with Gasteiger partial charge in [-0.3, -0.25) is 4.79 Å². The van der Waals surface area contributed by atoms with Gasteiger partial charge in [-0.2, -0.15) is 5.26 Å². The zero-order valence-electron chi connectivity index (χ0n) is 14.7. The molecule has 2 amide bonds. The molecule has 2 saturated heterocycles. The fourth-order valence-corrected chi connectivity index (χ4v) is 3.75. The highest BCUT2D eigenvalue weighted by Crippen LogP contribution is 2.27. The van der Waals surface area contributed by atoms with Crippen molar-refractivity contribution < 1.29 is 18.7 Å². The van der Waals surface area contributed by atoms with Crippen LogP contribution in [0.1, 0.15) is 38.2 Å². The van der Waals surface area contributed by atoms with Crippen molar-refractivity contribution in [1.82, 2.24) is 9.80 Å². The highest BCUT2D eigenvalue weighted by molar-refractivity contribution is 5.78. The van der Waals surface area contributed by atoms with E-state index in [1.54, 1.807) is 17.0 Å². The summed E-state index contributed by atoms with van der Waals surface area (Å²) in [5.74, 6) is 0.331. The molecule has 1 aromatic rings. The third kappa shape index (κ3) is 3.96. The summed E-state index contributed by atoms with van der Waals surface area (Å²) in [6, 6.07) is 7.88. The Kier molecular flexibility index (Phi) is 5.40. The van der Waals surface area contributed by atoms with Crippen LogP contribution >= 0.6 is 0 Å². The molecule has 0 aliphatic carbocycles. The van der Waals surface area contributed by atoms with E-state index in [-0.39, 0.29) is 37.5 Å². The van der Waals surface area contributed by atoms with E-state index in [4.69, 9.17) is 10.00 Å². The van der Waals surface area contributed by atoms with Crippen molar-refractivity contribution in [2.75, 3.05) is 13.1 Å². The minimum Gasteiger partial charge on any atom is -0.410 e. The summed E-state index contributed by atoms with van der Waals surface area (Å²) in [7, 11) is 0. The van der Waals surface area contributed by atoms with Crippen LogP contribution < -0.4 is 4.74 Å². The SMILES string of the molecule is CC1CCCC(=O)N1[C@H]1C[C@H](F)CN(C(=O)Oc2ccc(C#N)cc2)C1. The quantitative estimate of drug-likeness (QED) is 0.814. The van der Waals surface area contributed by atoms with E-state index < -0.39 is 12.3 Å². The number of rotatable bonds is 2. The molecule has 2 aliphatic heterocycles. The number of carbonyl (C=O) groups excluding carboxylic acids is 2. The predicted octanol–water partition coefficient (Wildman–Crippen LogP) is 2.87. The fourth-order valence-electron chi connectivity index (χ4n) is 3.75. The molecule has 0 saturated carbocycles. The summed E-state index contributed by atoms with van der Waals surface area (Å²) in [4.78, 5) is 27.8. The number of hydrogen-bond donors (Lipinski definition) is 0. The highest BCUT2D eigenvalue weighted by Gasteiger charge is 2.38. The van der Waals surface area contributed by atoms with Gasteiger partial charge in [-0.05, 0) is 44.0 Å². The molecule has 6 nitrogen and oxygen atoms in total. The molecule has 0 aromatic heterocycles. The Hall–Kier alpha value is -2.62. The molecule has 26 heavy (non-hydrogen) atoms. The lowest BCUT2D eigenvalue weighted by Crippen LogP contribution is -2.58.